The van der Waals surface area contributed by atoms with Crippen molar-refractivity contribution < 1.29 is 0 Å². The quantitative estimate of drug-likeness (QED) is 0.631. The molecule has 92 valence electrons. The summed E-state index contributed by atoms with van der Waals surface area (Å²) in [4.78, 5) is 4.58. The van der Waals surface area contributed by atoms with Crippen LogP contribution in [0, 0.1) is 11.3 Å². The van der Waals surface area contributed by atoms with Gasteiger partial charge in [0, 0.05) is 22.4 Å². The lowest BCUT2D eigenvalue weighted by molar-refractivity contribution is 1.17. The second kappa shape index (κ2) is 4.80. The summed E-state index contributed by atoms with van der Waals surface area (Å²) in [6, 6.07) is 11.5. The predicted molar refractivity (Wildman–Crippen MR) is 80.7 cm³/mol. The van der Waals surface area contributed by atoms with Crippen LogP contribution >= 0.6 is 31.9 Å². The largest absolute Gasteiger partial charge is 0.304 e. The molecule has 3 aromatic rings. The average Bonchev–Trinajstić information content (AvgIpc) is 2.83. The first-order valence-corrected chi connectivity index (χ1v) is 7.10. The highest BCUT2D eigenvalue weighted by molar-refractivity contribution is 9.11. The first-order valence-electron chi connectivity index (χ1n) is 5.51. The second-order valence-electron chi connectivity index (χ2n) is 4.06. The van der Waals surface area contributed by atoms with Gasteiger partial charge >= 0.3 is 0 Å². The van der Waals surface area contributed by atoms with E-state index in [2.05, 4.69) is 42.9 Å². The molecule has 0 unspecified atom stereocenters. The molecule has 0 atom stereocenters. The zero-order valence-electron chi connectivity index (χ0n) is 9.64. The molecule has 19 heavy (non-hydrogen) atoms. The van der Waals surface area contributed by atoms with E-state index in [1.54, 1.807) is 6.07 Å². The third-order valence-electron chi connectivity index (χ3n) is 2.76. The van der Waals surface area contributed by atoms with Crippen LogP contribution in [0.3, 0.4) is 0 Å². The van der Waals surface area contributed by atoms with Crippen LogP contribution in [0.25, 0.3) is 16.9 Å². The maximum absolute atomic E-state index is 8.94. The number of aromatic nitrogens is 2. The van der Waals surface area contributed by atoms with Crippen molar-refractivity contribution in [3.63, 3.8) is 0 Å². The lowest BCUT2D eigenvalue weighted by atomic mass is 10.1. The minimum absolute atomic E-state index is 0.634. The highest BCUT2D eigenvalue weighted by Crippen LogP contribution is 2.26. The summed E-state index contributed by atoms with van der Waals surface area (Å²) in [5.74, 6) is 0. The summed E-state index contributed by atoms with van der Waals surface area (Å²) in [5, 5.41) is 8.94. The molecule has 0 spiro atoms. The minimum Gasteiger partial charge on any atom is -0.304 e. The van der Waals surface area contributed by atoms with E-state index in [1.165, 1.54) is 0 Å². The standard InChI is InChI=1S/C14H7Br2N3/c15-11-5-12(16)14-18-13(8-19(14)7-11)10-3-1-2-9(4-10)6-17/h1-5,7-8H. The van der Waals surface area contributed by atoms with Crippen molar-refractivity contribution in [2.45, 2.75) is 0 Å². The lowest BCUT2D eigenvalue weighted by Crippen LogP contribution is -1.83. The van der Waals surface area contributed by atoms with Gasteiger partial charge in [-0.15, -0.1) is 0 Å². The Labute approximate surface area is 126 Å². The molecule has 0 fully saturated rings. The van der Waals surface area contributed by atoms with Gasteiger partial charge in [-0.05, 0) is 50.1 Å². The van der Waals surface area contributed by atoms with Crippen molar-refractivity contribution in [3.05, 3.63) is 57.2 Å². The van der Waals surface area contributed by atoms with Crippen LogP contribution in [-0.2, 0) is 0 Å². The third-order valence-corrected chi connectivity index (χ3v) is 3.78. The number of fused-ring (bicyclic) bond motifs is 1. The monoisotopic (exact) mass is 375 g/mol. The second-order valence-corrected chi connectivity index (χ2v) is 5.83. The van der Waals surface area contributed by atoms with Crippen LogP contribution < -0.4 is 0 Å². The summed E-state index contributed by atoms with van der Waals surface area (Å²) in [6.45, 7) is 0. The molecule has 0 saturated heterocycles. The third kappa shape index (κ3) is 2.29. The lowest BCUT2D eigenvalue weighted by Gasteiger charge is -1.96. The number of hydrogen-bond acceptors (Lipinski definition) is 2. The Bertz CT molecular complexity index is 815. The molecule has 5 heteroatoms. The van der Waals surface area contributed by atoms with Crippen molar-refractivity contribution in [3.8, 4) is 17.3 Å². The molecule has 0 saturated carbocycles. The van der Waals surface area contributed by atoms with E-state index < -0.39 is 0 Å². The molecule has 2 aromatic heterocycles. The number of imidazole rings is 1. The molecule has 0 radical (unpaired) electrons. The molecule has 3 nitrogen and oxygen atoms in total. The zero-order valence-corrected chi connectivity index (χ0v) is 12.8. The SMILES string of the molecule is N#Cc1cccc(-c2cn3cc(Br)cc(Br)c3n2)c1. The van der Waals surface area contributed by atoms with Crippen LogP contribution in [0.4, 0.5) is 0 Å². The molecule has 0 amide bonds. The number of pyridine rings is 1. The summed E-state index contributed by atoms with van der Waals surface area (Å²) < 4.78 is 3.84. The van der Waals surface area contributed by atoms with Gasteiger partial charge in [0.1, 0.15) is 0 Å². The van der Waals surface area contributed by atoms with E-state index in [4.69, 9.17) is 5.26 Å². The van der Waals surface area contributed by atoms with Gasteiger partial charge in [0.05, 0.1) is 21.8 Å². The smallest absolute Gasteiger partial charge is 0.151 e. The fourth-order valence-electron chi connectivity index (χ4n) is 1.91. The highest BCUT2D eigenvalue weighted by Gasteiger charge is 2.08. The Hall–Kier alpha value is -1.64. The fraction of sp³-hybridized carbons (Fsp3) is 0. The molecule has 0 bridgehead atoms. The zero-order chi connectivity index (χ0) is 13.4. The molecule has 1 aromatic carbocycles. The van der Waals surface area contributed by atoms with Crippen LogP contribution in [0.1, 0.15) is 5.56 Å². The maximum atomic E-state index is 8.94. The molecule has 2 heterocycles. The fourth-order valence-corrected chi connectivity index (χ4v) is 3.21. The van der Waals surface area contributed by atoms with Crippen LogP contribution in [0.15, 0.2) is 51.7 Å². The highest BCUT2D eigenvalue weighted by atomic mass is 79.9. The Balaban J connectivity index is 2.21. The van der Waals surface area contributed by atoms with Crippen molar-refractivity contribution in [1.82, 2.24) is 9.38 Å². The molecule has 0 aliphatic heterocycles. The Kier molecular flexibility index (Phi) is 3.13. The summed E-state index contributed by atoms with van der Waals surface area (Å²) in [5.41, 5.74) is 3.26. The number of nitrogens with zero attached hydrogens (tertiary/aromatic N) is 3. The van der Waals surface area contributed by atoms with Crippen molar-refractivity contribution >= 4 is 37.5 Å². The molecule has 0 aliphatic rings. The normalized spacial score (nSPS) is 10.6. The number of halogens is 2. The van der Waals surface area contributed by atoms with Crippen LogP contribution in [0.2, 0.25) is 0 Å². The van der Waals surface area contributed by atoms with E-state index in [-0.39, 0.29) is 0 Å². The van der Waals surface area contributed by atoms with Gasteiger partial charge in [-0.2, -0.15) is 5.26 Å². The van der Waals surface area contributed by atoms with E-state index in [1.807, 2.05) is 41.1 Å². The van der Waals surface area contributed by atoms with Crippen molar-refractivity contribution in [2.24, 2.45) is 0 Å². The Morgan fingerprint density at radius 1 is 1.16 bits per heavy atom. The van der Waals surface area contributed by atoms with Crippen LogP contribution in [-0.4, -0.2) is 9.38 Å². The number of hydrogen-bond donors (Lipinski definition) is 0. The Morgan fingerprint density at radius 2 is 2.00 bits per heavy atom. The minimum atomic E-state index is 0.634. The first-order chi connectivity index (χ1) is 9.17. The van der Waals surface area contributed by atoms with Gasteiger partial charge in [0.15, 0.2) is 5.65 Å². The van der Waals surface area contributed by atoms with E-state index >= 15 is 0 Å². The van der Waals surface area contributed by atoms with Gasteiger partial charge in [0.25, 0.3) is 0 Å². The summed E-state index contributed by atoms with van der Waals surface area (Å²) >= 11 is 6.95. The first kappa shape index (κ1) is 12.4. The topological polar surface area (TPSA) is 41.1 Å². The maximum Gasteiger partial charge on any atom is 0.151 e. The molecule has 0 aliphatic carbocycles. The van der Waals surface area contributed by atoms with Gasteiger partial charge in [-0.1, -0.05) is 12.1 Å². The number of rotatable bonds is 1. The van der Waals surface area contributed by atoms with Crippen molar-refractivity contribution in [2.75, 3.05) is 0 Å². The Morgan fingerprint density at radius 3 is 2.79 bits per heavy atom. The van der Waals surface area contributed by atoms with Crippen molar-refractivity contribution in [1.29, 1.82) is 5.26 Å². The molecule has 0 N–H and O–H groups in total. The average molecular weight is 377 g/mol. The van der Waals surface area contributed by atoms with E-state index in [0.29, 0.717) is 5.56 Å². The number of benzene rings is 1. The molecular formula is C14H7Br2N3. The van der Waals surface area contributed by atoms with Gasteiger partial charge < -0.3 is 4.40 Å². The molecule has 3 rings (SSSR count). The predicted octanol–water partition coefficient (Wildman–Crippen LogP) is 4.40. The van der Waals surface area contributed by atoms with E-state index in [0.717, 1.165) is 25.8 Å². The molecular weight excluding hydrogens is 370 g/mol. The van der Waals surface area contributed by atoms with Gasteiger partial charge in [-0.3, -0.25) is 0 Å². The summed E-state index contributed by atoms with van der Waals surface area (Å²) in [6.07, 6.45) is 3.89. The van der Waals surface area contributed by atoms with Gasteiger partial charge in [0.2, 0.25) is 0 Å². The summed E-state index contributed by atoms with van der Waals surface area (Å²) in [7, 11) is 0. The number of nitriles is 1. The van der Waals surface area contributed by atoms with Gasteiger partial charge in [-0.25, -0.2) is 4.98 Å². The van der Waals surface area contributed by atoms with Crippen LogP contribution in [0.5, 0.6) is 0 Å². The van der Waals surface area contributed by atoms with E-state index in [9.17, 15) is 0 Å².